The van der Waals surface area contributed by atoms with Crippen LogP contribution in [0.5, 0.6) is 0 Å². The first-order valence-electron chi connectivity index (χ1n) is 4.96. The van der Waals surface area contributed by atoms with Crippen molar-refractivity contribution in [3.05, 3.63) is 34.2 Å². The third-order valence-corrected chi connectivity index (χ3v) is 5.49. The van der Waals surface area contributed by atoms with Crippen molar-refractivity contribution in [1.82, 2.24) is 9.97 Å². The molecule has 0 aliphatic heterocycles. The summed E-state index contributed by atoms with van der Waals surface area (Å²) in [6, 6.07) is 1.73. The summed E-state index contributed by atoms with van der Waals surface area (Å²) in [7, 11) is -3.66. The third kappa shape index (κ3) is 2.63. The molecule has 0 amide bonds. The molecule has 0 unspecified atom stereocenters. The summed E-state index contributed by atoms with van der Waals surface area (Å²) in [5, 5.41) is 0. The lowest BCUT2D eigenvalue weighted by molar-refractivity contribution is 0.602. The summed E-state index contributed by atoms with van der Waals surface area (Å²) in [6.07, 6.45) is 3.06. The second-order valence-corrected chi connectivity index (χ2v) is 7.09. The van der Waals surface area contributed by atoms with Gasteiger partial charge in [0.2, 0.25) is 0 Å². The first-order chi connectivity index (χ1) is 8.40. The summed E-state index contributed by atoms with van der Waals surface area (Å²) in [6.45, 7) is 3.40. The molecule has 0 radical (unpaired) electrons. The number of nitrogens with zero attached hydrogens (tertiary/aromatic N) is 2. The Labute approximate surface area is 114 Å². The fraction of sp³-hybridized carbons (Fsp3) is 0.200. The van der Waals surface area contributed by atoms with Crippen LogP contribution in [-0.4, -0.2) is 18.4 Å². The highest BCUT2D eigenvalue weighted by Crippen LogP contribution is 2.28. The minimum Gasteiger partial charge on any atom is -0.277 e. The fourth-order valence-electron chi connectivity index (χ4n) is 1.36. The van der Waals surface area contributed by atoms with Crippen molar-refractivity contribution >= 4 is 38.6 Å². The number of aryl methyl sites for hydroxylation is 2. The second-order valence-electron chi connectivity index (χ2n) is 3.64. The van der Waals surface area contributed by atoms with Crippen LogP contribution in [0.4, 0.5) is 5.69 Å². The van der Waals surface area contributed by atoms with Crippen LogP contribution in [-0.2, 0) is 10.0 Å². The van der Waals surface area contributed by atoms with Gasteiger partial charge in [0.05, 0.1) is 17.6 Å². The van der Waals surface area contributed by atoms with E-state index < -0.39 is 10.0 Å². The number of halogens is 1. The van der Waals surface area contributed by atoms with Gasteiger partial charge in [-0.15, -0.1) is 0 Å². The topological polar surface area (TPSA) is 72.0 Å². The first kappa shape index (κ1) is 13.3. The van der Waals surface area contributed by atoms with Crippen molar-refractivity contribution in [1.29, 1.82) is 0 Å². The van der Waals surface area contributed by atoms with E-state index >= 15 is 0 Å². The summed E-state index contributed by atoms with van der Waals surface area (Å²) < 4.78 is 27.1. The molecule has 0 spiro atoms. The molecule has 2 heterocycles. The first-order valence-corrected chi connectivity index (χ1v) is 7.64. The molecular formula is C10H10ClN3O2S2. The number of hydrogen-bond acceptors (Lipinski definition) is 5. The van der Waals surface area contributed by atoms with Crippen LogP contribution in [0.1, 0.15) is 11.3 Å². The van der Waals surface area contributed by atoms with Crippen molar-refractivity contribution < 1.29 is 8.42 Å². The van der Waals surface area contributed by atoms with Gasteiger partial charge in [0.15, 0.2) is 8.68 Å². The predicted octanol–water partition coefficient (Wildman–Crippen LogP) is 2.61. The molecule has 2 aromatic rings. The van der Waals surface area contributed by atoms with Crippen molar-refractivity contribution in [3.8, 4) is 0 Å². The average molecular weight is 304 g/mol. The average Bonchev–Trinajstić information content (AvgIpc) is 2.62. The monoisotopic (exact) mass is 303 g/mol. The van der Waals surface area contributed by atoms with Gasteiger partial charge in [0, 0.05) is 6.20 Å². The van der Waals surface area contributed by atoms with Gasteiger partial charge in [-0.05, 0) is 25.5 Å². The summed E-state index contributed by atoms with van der Waals surface area (Å²) in [4.78, 5) is 7.78. The standard InChI is InChI=1S/C10H10ClN3O2S2/c1-6-3-4-12-5-8(6)14-18(15,16)9-7(2)13-10(11)17-9/h3-5,14H,1-2H3. The lowest BCUT2D eigenvalue weighted by Crippen LogP contribution is -2.13. The molecule has 18 heavy (non-hydrogen) atoms. The maximum atomic E-state index is 12.2. The van der Waals surface area contributed by atoms with Crippen LogP contribution in [0.2, 0.25) is 4.47 Å². The van der Waals surface area contributed by atoms with E-state index in [4.69, 9.17) is 11.6 Å². The highest BCUT2D eigenvalue weighted by molar-refractivity contribution is 7.94. The van der Waals surface area contributed by atoms with E-state index in [2.05, 4.69) is 14.7 Å². The molecule has 96 valence electrons. The number of rotatable bonds is 3. The number of sulfonamides is 1. The van der Waals surface area contributed by atoms with Gasteiger partial charge in [0.1, 0.15) is 0 Å². The van der Waals surface area contributed by atoms with Gasteiger partial charge in [-0.1, -0.05) is 22.9 Å². The molecule has 0 aliphatic rings. The molecular weight excluding hydrogens is 294 g/mol. The van der Waals surface area contributed by atoms with Crippen molar-refractivity contribution in [2.75, 3.05) is 4.72 Å². The quantitative estimate of drug-likeness (QED) is 0.946. The minimum absolute atomic E-state index is 0.121. The molecule has 0 aromatic carbocycles. The smallest absolute Gasteiger partial charge is 0.273 e. The minimum atomic E-state index is -3.66. The molecule has 1 N–H and O–H groups in total. The molecule has 5 nitrogen and oxygen atoms in total. The Kier molecular flexibility index (Phi) is 3.56. The highest BCUT2D eigenvalue weighted by Gasteiger charge is 2.22. The Morgan fingerprint density at radius 1 is 1.39 bits per heavy atom. The van der Waals surface area contributed by atoms with Crippen LogP contribution < -0.4 is 4.72 Å². The summed E-state index contributed by atoms with van der Waals surface area (Å²) in [5.41, 5.74) is 1.63. The fourth-order valence-corrected chi connectivity index (χ4v) is 4.22. The number of pyridine rings is 1. The lowest BCUT2D eigenvalue weighted by atomic mass is 10.3. The Morgan fingerprint density at radius 3 is 2.67 bits per heavy atom. The molecule has 2 aromatic heterocycles. The molecule has 0 fully saturated rings. The van der Waals surface area contributed by atoms with Crippen molar-refractivity contribution in [3.63, 3.8) is 0 Å². The van der Waals surface area contributed by atoms with Crippen LogP contribution in [0, 0.1) is 13.8 Å². The van der Waals surface area contributed by atoms with Crippen molar-refractivity contribution in [2.24, 2.45) is 0 Å². The maximum Gasteiger partial charge on any atom is 0.273 e. The molecule has 2 rings (SSSR count). The molecule has 0 bridgehead atoms. The van der Waals surface area contributed by atoms with Gasteiger partial charge < -0.3 is 0 Å². The molecule has 0 saturated carbocycles. The third-order valence-electron chi connectivity index (χ3n) is 2.26. The van der Waals surface area contributed by atoms with E-state index in [9.17, 15) is 8.42 Å². The van der Waals surface area contributed by atoms with Gasteiger partial charge in [-0.25, -0.2) is 13.4 Å². The highest BCUT2D eigenvalue weighted by atomic mass is 35.5. The number of hydrogen-bond donors (Lipinski definition) is 1. The van der Waals surface area contributed by atoms with E-state index in [1.54, 1.807) is 26.1 Å². The Hall–Kier alpha value is -1.18. The largest absolute Gasteiger partial charge is 0.277 e. The zero-order valence-corrected chi connectivity index (χ0v) is 12.0. The zero-order valence-electron chi connectivity index (χ0n) is 9.64. The SMILES string of the molecule is Cc1ccncc1NS(=O)(=O)c1sc(Cl)nc1C. The molecule has 0 saturated heterocycles. The Bertz CT molecular complexity index is 682. The Morgan fingerprint density at radius 2 is 2.11 bits per heavy atom. The zero-order chi connectivity index (χ0) is 13.3. The lowest BCUT2D eigenvalue weighted by Gasteiger charge is -2.08. The summed E-state index contributed by atoms with van der Waals surface area (Å²) in [5.74, 6) is 0. The maximum absolute atomic E-state index is 12.2. The van der Waals surface area contributed by atoms with Crippen LogP contribution in [0.25, 0.3) is 0 Å². The van der Waals surface area contributed by atoms with E-state index in [0.29, 0.717) is 11.4 Å². The van der Waals surface area contributed by atoms with Gasteiger partial charge in [-0.3, -0.25) is 9.71 Å². The van der Waals surface area contributed by atoms with E-state index in [1.807, 2.05) is 0 Å². The molecule has 8 heteroatoms. The predicted molar refractivity (Wildman–Crippen MR) is 71.6 cm³/mol. The van der Waals surface area contributed by atoms with E-state index in [1.165, 1.54) is 6.20 Å². The van der Waals surface area contributed by atoms with Crippen LogP contribution >= 0.6 is 22.9 Å². The van der Waals surface area contributed by atoms with Crippen molar-refractivity contribution in [2.45, 2.75) is 18.1 Å². The molecule has 0 atom stereocenters. The Balaban J connectivity index is 2.40. The molecule has 0 aliphatic carbocycles. The number of thiazole rings is 1. The van der Waals surface area contributed by atoms with Crippen LogP contribution in [0.3, 0.4) is 0 Å². The van der Waals surface area contributed by atoms with Crippen LogP contribution in [0.15, 0.2) is 22.7 Å². The summed E-state index contributed by atoms with van der Waals surface area (Å²) >= 11 is 6.64. The van der Waals surface area contributed by atoms with E-state index in [-0.39, 0.29) is 8.68 Å². The number of aromatic nitrogens is 2. The van der Waals surface area contributed by atoms with Gasteiger partial charge in [-0.2, -0.15) is 0 Å². The van der Waals surface area contributed by atoms with Gasteiger partial charge >= 0.3 is 0 Å². The van der Waals surface area contributed by atoms with E-state index in [0.717, 1.165) is 16.9 Å². The number of anilines is 1. The number of nitrogens with one attached hydrogen (secondary N) is 1. The van der Waals surface area contributed by atoms with Gasteiger partial charge in [0.25, 0.3) is 10.0 Å². The normalized spacial score (nSPS) is 11.5. The second kappa shape index (κ2) is 4.83.